The number of guanidine groups is 1. The Morgan fingerprint density at radius 3 is 2.20 bits per heavy atom. The highest BCUT2D eigenvalue weighted by atomic mass is 127. The highest BCUT2D eigenvalue weighted by molar-refractivity contribution is 14.0. The summed E-state index contributed by atoms with van der Waals surface area (Å²) < 4.78 is 0. The molecule has 0 aromatic heterocycles. The number of hydrogen-bond donors (Lipinski definition) is 3. The molecule has 6 heteroatoms. The molecule has 164 valence electrons. The Kier molecular flexibility index (Phi) is 10.6. The number of aliphatic hydroxyl groups is 1. The first-order chi connectivity index (χ1) is 14.2. The Balaban J connectivity index is 0.00000320. The summed E-state index contributed by atoms with van der Waals surface area (Å²) in [6.07, 6.45) is 2.69. The van der Waals surface area contributed by atoms with Crippen molar-refractivity contribution >= 4 is 29.9 Å². The first kappa shape index (κ1) is 24.6. The van der Waals surface area contributed by atoms with Gasteiger partial charge in [-0.15, -0.1) is 24.0 Å². The van der Waals surface area contributed by atoms with Crippen LogP contribution >= 0.6 is 24.0 Å². The van der Waals surface area contributed by atoms with Crippen LogP contribution in [0.15, 0.2) is 53.5 Å². The van der Waals surface area contributed by atoms with E-state index in [1.54, 1.807) is 7.05 Å². The van der Waals surface area contributed by atoms with Crippen LogP contribution in [0.5, 0.6) is 0 Å². The number of rotatable bonds is 7. The molecule has 0 spiro atoms. The SMILES string of the molecule is CCc1ccccc1CNC(=NC)NCc1ccc(CN2CCC(O)CC2)cc1.I. The van der Waals surface area contributed by atoms with E-state index in [2.05, 4.69) is 76.0 Å². The van der Waals surface area contributed by atoms with E-state index in [-0.39, 0.29) is 30.1 Å². The van der Waals surface area contributed by atoms with Crippen molar-refractivity contribution in [3.05, 3.63) is 70.8 Å². The van der Waals surface area contributed by atoms with Gasteiger partial charge in [-0.3, -0.25) is 9.89 Å². The maximum atomic E-state index is 9.63. The fourth-order valence-electron chi connectivity index (χ4n) is 3.76. The van der Waals surface area contributed by atoms with Crippen molar-refractivity contribution < 1.29 is 5.11 Å². The zero-order valence-electron chi connectivity index (χ0n) is 18.1. The molecule has 3 N–H and O–H groups in total. The number of nitrogens with zero attached hydrogens (tertiary/aromatic N) is 2. The van der Waals surface area contributed by atoms with Gasteiger partial charge in [0.05, 0.1) is 6.10 Å². The Bertz CT molecular complexity index is 786. The molecule has 0 atom stereocenters. The summed E-state index contributed by atoms with van der Waals surface area (Å²) in [5, 5.41) is 16.4. The largest absolute Gasteiger partial charge is 0.393 e. The second kappa shape index (κ2) is 12.9. The average molecular weight is 522 g/mol. The monoisotopic (exact) mass is 522 g/mol. The number of piperidine rings is 1. The molecular weight excluding hydrogens is 487 g/mol. The van der Waals surface area contributed by atoms with Gasteiger partial charge in [-0.05, 0) is 41.5 Å². The van der Waals surface area contributed by atoms with Crippen LogP contribution in [0, 0.1) is 0 Å². The summed E-state index contributed by atoms with van der Waals surface area (Å²) in [7, 11) is 1.81. The molecule has 0 saturated carbocycles. The van der Waals surface area contributed by atoms with E-state index in [0.29, 0.717) is 0 Å². The molecule has 2 aromatic rings. The molecule has 0 bridgehead atoms. The molecule has 1 heterocycles. The van der Waals surface area contributed by atoms with E-state index < -0.39 is 0 Å². The van der Waals surface area contributed by atoms with Gasteiger partial charge in [-0.25, -0.2) is 0 Å². The third-order valence-corrected chi connectivity index (χ3v) is 5.62. The fourth-order valence-corrected chi connectivity index (χ4v) is 3.76. The Morgan fingerprint density at radius 1 is 0.967 bits per heavy atom. The molecule has 1 aliphatic rings. The number of halogens is 1. The van der Waals surface area contributed by atoms with Crippen LogP contribution in [0.2, 0.25) is 0 Å². The van der Waals surface area contributed by atoms with Gasteiger partial charge in [-0.2, -0.15) is 0 Å². The van der Waals surface area contributed by atoms with Crippen molar-refractivity contribution in [2.75, 3.05) is 20.1 Å². The minimum atomic E-state index is -0.113. The lowest BCUT2D eigenvalue weighted by atomic mass is 10.1. The predicted molar refractivity (Wildman–Crippen MR) is 135 cm³/mol. The molecule has 2 aromatic carbocycles. The van der Waals surface area contributed by atoms with Crippen molar-refractivity contribution in [1.82, 2.24) is 15.5 Å². The number of aliphatic hydroxyl groups excluding tert-OH is 1. The van der Waals surface area contributed by atoms with Gasteiger partial charge in [0.15, 0.2) is 5.96 Å². The molecule has 0 amide bonds. The number of aliphatic imine (C=N–C) groups is 1. The third kappa shape index (κ3) is 7.56. The zero-order chi connectivity index (χ0) is 20.5. The lowest BCUT2D eigenvalue weighted by molar-refractivity contribution is 0.0792. The van der Waals surface area contributed by atoms with Crippen LogP contribution in [0.25, 0.3) is 0 Å². The minimum Gasteiger partial charge on any atom is -0.393 e. The first-order valence-electron chi connectivity index (χ1n) is 10.7. The van der Waals surface area contributed by atoms with Crippen molar-refractivity contribution in [1.29, 1.82) is 0 Å². The van der Waals surface area contributed by atoms with E-state index in [1.807, 2.05) is 0 Å². The molecular formula is C24H35IN4O. The standard InChI is InChI=1S/C24H34N4O.HI/c1-3-21-6-4-5-7-22(21)17-27-24(25-2)26-16-19-8-10-20(11-9-19)18-28-14-12-23(29)13-15-28;/h4-11,23,29H,3,12-18H2,1-2H3,(H2,25,26,27);1H. The highest BCUT2D eigenvalue weighted by Crippen LogP contribution is 2.14. The maximum Gasteiger partial charge on any atom is 0.191 e. The number of benzene rings is 2. The molecule has 3 rings (SSSR count). The van der Waals surface area contributed by atoms with Crippen molar-refractivity contribution in [3.8, 4) is 0 Å². The summed E-state index contributed by atoms with van der Waals surface area (Å²) >= 11 is 0. The average Bonchev–Trinajstić information content (AvgIpc) is 2.76. The fraction of sp³-hybridized carbons (Fsp3) is 0.458. The van der Waals surface area contributed by atoms with Gasteiger partial charge in [0.25, 0.3) is 0 Å². The third-order valence-electron chi connectivity index (χ3n) is 5.62. The predicted octanol–water partition coefficient (Wildman–Crippen LogP) is 3.69. The Morgan fingerprint density at radius 2 is 1.57 bits per heavy atom. The van der Waals surface area contributed by atoms with E-state index in [9.17, 15) is 5.11 Å². The second-order valence-corrected chi connectivity index (χ2v) is 7.73. The van der Waals surface area contributed by atoms with Crippen LogP contribution in [-0.4, -0.2) is 42.2 Å². The Hall–Kier alpha value is -1.64. The lowest BCUT2D eigenvalue weighted by Gasteiger charge is -2.29. The van der Waals surface area contributed by atoms with E-state index in [4.69, 9.17) is 0 Å². The van der Waals surface area contributed by atoms with Gasteiger partial charge in [0, 0.05) is 39.8 Å². The van der Waals surface area contributed by atoms with Gasteiger partial charge < -0.3 is 15.7 Å². The number of aryl methyl sites for hydroxylation is 1. The van der Waals surface area contributed by atoms with Gasteiger partial charge >= 0.3 is 0 Å². The smallest absolute Gasteiger partial charge is 0.191 e. The van der Waals surface area contributed by atoms with Crippen molar-refractivity contribution in [3.63, 3.8) is 0 Å². The zero-order valence-corrected chi connectivity index (χ0v) is 20.4. The van der Waals surface area contributed by atoms with E-state index in [0.717, 1.165) is 57.9 Å². The van der Waals surface area contributed by atoms with E-state index >= 15 is 0 Å². The molecule has 1 fully saturated rings. The molecule has 0 aliphatic carbocycles. The van der Waals surface area contributed by atoms with Crippen molar-refractivity contribution in [2.45, 2.75) is 51.9 Å². The highest BCUT2D eigenvalue weighted by Gasteiger charge is 2.16. The summed E-state index contributed by atoms with van der Waals surface area (Å²) in [5.74, 6) is 0.812. The van der Waals surface area contributed by atoms with Crippen LogP contribution < -0.4 is 10.6 Å². The van der Waals surface area contributed by atoms with Gasteiger partial charge in [0.1, 0.15) is 0 Å². The number of nitrogens with one attached hydrogen (secondary N) is 2. The topological polar surface area (TPSA) is 59.9 Å². The van der Waals surface area contributed by atoms with E-state index in [1.165, 1.54) is 22.3 Å². The normalized spacial score (nSPS) is 15.5. The lowest BCUT2D eigenvalue weighted by Crippen LogP contribution is -2.36. The molecule has 5 nitrogen and oxygen atoms in total. The summed E-state index contributed by atoms with van der Waals surface area (Å²) in [4.78, 5) is 6.76. The summed E-state index contributed by atoms with van der Waals surface area (Å²) in [6.45, 7) is 6.62. The second-order valence-electron chi connectivity index (χ2n) is 7.73. The molecule has 1 saturated heterocycles. The molecule has 0 radical (unpaired) electrons. The minimum absolute atomic E-state index is 0. The maximum absolute atomic E-state index is 9.63. The molecule has 1 aliphatic heterocycles. The quantitative estimate of drug-likeness (QED) is 0.295. The van der Waals surface area contributed by atoms with Gasteiger partial charge in [0.2, 0.25) is 0 Å². The van der Waals surface area contributed by atoms with Crippen LogP contribution in [0.4, 0.5) is 0 Å². The van der Waals surface area contributed by atoms with Crippen molar-refractivity contribution in [2.24, 2.45) is 4.99 Å². The first-order valence-corrected chi connectivity index (χ1v) is 10.7. The number of hydrogen-bond acceptors (Lipinski definition) is 3. The summed E-state index contributed by atoms with van der Waals surface area (Å²) in [6, 6.07) is 17.3. The van der Waals surface area contributed by atoms with Crippen LogP contribution in [-0.2, 0) is 26.1 Å². The van der Waals surface area contributed by atoms with Crippen LogP contribution in [0.3, 0.4) is 0 Å². The molecule has 0 unspecified atom stereocenters. The number of likely N-dealkylation sites (tertiary alicyclic amines) is 1. The van der Waals surface area contributed by atoms with Crippen LogP contribution in [0.1, 0.15) is 42.0 Å². The van der Waals surface area contributed by atoms with Gasteiger partial charge in [-0.1, -0.05) is 55.5 Å². The summed E-state index contributed by atoms with van der Waals surface area (Å²) in [5.41, 5.74) is 5.24. The Labute approximate surface area is 198 Å². The molecule has 30 heavy (non-hydrogen) atoms.